The zero-order valence-corrected chi connectivity index (χ0v) is 15.5. The van der Waals surface area contributed by atoms with E-state index in [2.05, 4.69) is 41.0 Å². The molecule has 0 radical (unpaired) electrons. The molecule has 0 atom stereocenters. The molecule has 0 bridgehead atoms. The van der Waals surface area contributed by atoms with Crippen LogP contribution in [0.2, 0.25) is 0 Å². The van der Waals surface area contributed by atoms with Gasteiger partial charge in [-0.1, -0.05) is 36.4 Å². The summed E-state index contributed by atoms with van der Waals surface area (Å²) in [5.41, 5.74) is 5.39. The standard InChI is InChI=1S/C15H16N4S.2ClH.Cu/c1-2-16-15(20)19-18-14(12-8-4-3-5-9-12)13-10-6-7-11-17-13;;;/h3-11H,2H2,1H3,(H2,16,19,20);2*1H;/q;;;+2/p-2/b18-14+;;;. The molecule has 2 aromatic rings. The Bertz CT molecular complexity index is 570. The Hall–Kier alpha value is -1.17. The Morgan fingerprint density at radius 3 is 2.39 bits per heavy atom. The molecule has 0 aliphatic rings. The average Bonchev–Trinajstić information content (AvgIpc) is 2.58. The molecule has 0 saturated heterocycles. The Morgan fingerprint density at radius 2 is 1.83 bits per heavy atom. The molecule has 127 valence electrons. The monoisotopic (exact) mass is 417 g/mol. The van der Waals surface area contributed by atoms with Gasteiger partial charge in [-0.3, -0.25) is 10.4 Å². The van der Waals surface area contributed by atoms with Crippen LogP contribution in [0.5, 0.6) is 0 Å². The maximum atomic E-state index is 5.12. The van der Waals surface area contributed by atoms with Gasteiger partial charge in [0.2, 0.25) is 0 Å². The fourth-order valence-electron chi connectivity index (χ4n) is 1.68. The summed E-state index contributed by atoms with van der Waals surface area (Å²) in [6, 6.07) is 15.6. The molecule has 0 saturated carbocycles. The minimum absolute atomic E-state index is 0.497. The van der Waals surface area contributed by atoms with Gasteiger partial charge in [-0.15, -0.1) is 0 Å². The quantitative estimate of drug-likeness (QED) is 0.344. The zero-order chi connectivity index (χ0) is 16.9. The van der Waals surface area contributed by atoms with Crippen molar-refractivity contribution in [2.75, 3.05) is 6.54 Å². The molecule has 1 heterocycles. The number of hydrogen-bond acceptors (Lipinski definition) is 3. The molecule has 0 aliphatic carbocycles. The van der Waals surface area contributed by atoms with Crippen molar-refractivity contribution in [3.63, 3.8) is 0 Å². The van der Waals surface area contributed by atoms with Crippen LogP contribution in [0.1, 0.15) is 18.2 Å². The van der Waals surface area contributed by atoms with Crippen molar-refractivity contribution in [3.8, 4) is 0 Å². The zero-order valence-electron chi connectivity index (χ0n) is 12.3. The number of hydrazone groups is 1. The van der Waals surface area contributed by atoms with E-state index in [0.717, 1.165) is 36.6 Å². The number of benzene rings is 1. The van der Waals surface area contributed by atoms with Crippen LogP contribution in [0.3, 0.4) is 0 Å². The molecule has 0 spiro atoms. The normalized spacial score (nSPS) is 10.5. The van der Waals surface area contributed by atoms with Crippen molar-refractivity contribution in [3.05, 3.63) is 66.0 Å². The number of aromatic nitrogens is 1. The van der Waals surface area contributed by atoms with Gasteiger partial charge < -0.3 is 5.32 Å². The van der Waals surface area contributed by atoms with E-state index in [-0.39, 0.29) is 0 Å². The van der Waals surface area contributed by atoms with Crippen molar-refractivity contribution in [2.45, 2.75) is 6.92 Å². The van der Waals surface area contributed by atoms with Gasteiger partial charge in [0, 0.05) is 18.3 Å². The topological polar surface area (TPSA) is 49.3 Å². The van der Waals surface area contributed by atoms with Gasteiger partial charge in [0.25, 0.3) is 0 Å². The molecule has 2 rings (SSSR count). The van der Waals surface area contributed by atoms with Gasteiger partial charge in [0.1, 0.15) is 5.71 Å². The summed E-state index contributed by atoms with van der Waals surface area (Å²) in [5.74, 6) is 0. The van der Waals surface area contributed by atoms with E-state index in [9.17, 15) is 0 Å². The predicted octanol–water partition coefficient (Wildman–Crippen LogP) is 3.69. The van der Waals surface area contributed by atoms with Crippen LogP contribution >= 0.6 is 32.4 Å². The molecule has 1 aromatic carbocycles. The first-order valence-corrected chi connectivity index (χ1v) is 9.62. The molecular weight excluding hydrogens is 403 g/mol. The van der Waals surface area contributed by atoms with Gasteiger partial charge in [-0.25, -0.2) is 0 Å². The Balaban J connectivity index is 0.000000816. The molecule has 0 amide bonds. The third-order valence-corrected chi connectivity index (χ3v) is 2.80. The number of nitrogens with one attached hydrogen (secondary N) is 2. The third-order valence-electron chi connectivity index (χ3n) is 2.56. The van der Waals surface area contributed by atoms with Crippen LogP contribution in [0.4, 0.5) is 0 Å². The van der Waals surface area contributed by atoms with Crippen LogP contribution in [-0.4, -0.2) is 22.4 Å². The fraction of sp³-hybridized carbons (Fsp3) is 0.133. The summed E-state index contributed by atoms with van der Waals surface area (Å²) in [5, 5.41) is 7.88. The Kier molecular flexibility index (Phi) is 10.6. The van der Waals surface area contributed by atoms with Crippen molar-refractivity contribution in [1.82, 2.24) is 15.7 Å². The van der Waals surface area contributed by atoms with Crippen LogP contribution in [0.25, 0.3) is 0 Å². The van der Waals surface area contributed by atoms with E-state index in [1.54, 1.807) is 6.20 Å². The second kappa shape index (κ2) is 12.3. The summed E-state index contributed by atoms with van der Waals surface area (Å²) >= 11 is 5.88. The van der Waals surface area contributed by atoms with Crippen molar-refractivity contribution < 1.29 is 13.1 Å². The molecule has 0 fully saturated rings. The van der Waals surface area contributed by atoms with Gasteiger partial charge in [-0.2, -0.15) is 5.10 Å². The van der Waals surface area contributed by atoms with Gasteiger partial charge in [0.05, 0.1) is 5.69 Å². The number of nitrogens with zero attached hydrogens (tertiary/aromatic N) is 2. The third kappa shape index (κ3) is 7.77. The summed E-state index contributed by atoms with van der Waals surface area (Å²) < 4.78 is 0. The molecule has 2 N–H and O–H groups in total. The van der Waals surface area contributed by atoms with E-state index in [0.29, 0.717) is 5.11 Å². The second-order valence-electron chi connectivity index (χ2n) is 4.06. The van der Waals surface area contributed by atoms with Crippen LogP contribution < -0.4 is 10.7 Å². The first kappa shape index (κ1) is 19.9. The van der Waals surface area contributed by atoms with Crippen molar-refractivity contribution in [2.24, 2.45) is 5.10 Å². The number of rotatable bonds is 4. The summed E-state index contributed by atoms with van der Waals surface area (Å²) in [6.45, 7) is 2.74. The molecule has 8 heteroatoms. The predicted molar refractivity (Wildman–Crippen MR) is 97.4 cm³/mol. The van der Waals surface area contributed by atoms with E-state index in [4.69, 9.17) is 12.2 Å². The van der Waals surface area contributed by atoms with E-state index >= 15 is 0 Å². The number of hydrogen-bond donors (Lipinski definition) is 2. The summed E-state index contributed by atoms with van der Waals surface area (Å²) in [6.07, 6.45) is 1.75. The second-order valence-corrected chi connectivity index (χ2v) is 6.02. The molecule has 4 nitrogen and oxygen atoms in total. The molecule has 0 aliphatic heterocycles. The van der Waals surface area contributed by atoms with Crippen LogP contribution in [0.15, 0.2) is 59.8 Å². The summed E-state index contributed by atoms with van der Waals surface area (Å²) in [7, 11) is 9.34. The fourth-order valence-corrected chi connectivity index (χ4v) is 1.87. The first-order valence-electron chi connectivity index (χ1n) is 6.62. The SMILES string of the molecule is CCNC(=S)N/N=C(\c1ccccc1)c1ccccn1.[Cl][Cu][Cl]. The van der Waals surface area contributed by atoms with E-state index in [1.807, 2.05) is 55.5 Å². The Labute approximate surface area is 156 Å². The molecule has 0 unspecified atom stereocenters. The number of pyridine rings is 1. The van der Waals surface area contributed by atoms with Crippen molar-refractivity contribution >= 4 is 43.2 Å². The van der Waals surface area contributed by atoms with Gasteiger partial charge in [0.15, 0.2) is 5.11 Å². The van der Waals surface area contributed by atoms with Crippen molar-refractivity contribution in [1.29, 1.82) is 0 Å². The molecule has 23 heavy (non-hydrogen) atoms. The van der Waals surface area contributed by atoms with Gasteiger partial charge in [-0.05, 0) is 31.3 Å². The van der Waals surface area contributed by atoms with Crippen LogP contribution in [-0.2, 0) is 13.1 Å². The molecular formula is C15H16Cl2CuN4S. The maximum absolute atomic E-state index is 5.12. The first-order chi connectivity index (χ1) is 11.2. The number of thiocarbonyl (C=S) groups is 1. The summed E-state index contributed by atoms with van der Waals surface area (Å²) in [4.78, 5) is 4.34. The van der Waals surface area contributed by atoms with E-state index in [1.165, 1.54) is 0 Å². The van der Waals surface area contributed by atoms with Gasteiger partial charge >= 0.3 is 33.3 Å². The average molecular weight is 419 g/mol. The molecule has 1 aromatic heterocycles. The van der Waals surface area contributed by atoms with Crippen LogP contribution in [0, 0.1) is 0 Å². The number of halogens is 2. The Morgan fingerprint density at radius 1 is 1.17 bits per heavy atom. The minimum atomic E-state index is 0.497. The van der Waals surface area contributed by atoms with E-state index < -0.39 is 0 Å².